The van der Waals surface area contributed by atoms with Gasteiger partial charge in [0.05, 0.1) is 12.7 Å². The van der Waals surface area contributed by atoms with Crippen LogP contribution in [0.2, 0.25) is 0 Å². The Morgan fingerprint density at radius 3 is 2.90 bits per heavy atom. The Balaban J connectivity index is 1.64. The minimum atomic E-state index is 0.314. The molecule has 2 aliphatic rings. The summed E-state index contributed by atoms with van der Waals surface area (Å²) in [5.74, 6) is 7.32. The number of fused-ring (bicyclic) bond motifs is 1. The second-order valence-corrected chi connectivity index (χ2v) is 5.84. The molecule has 1 aromatic rings. The van der Waals surface area contributed by atoms with E-state index < -0.39 is 0 Å². The fourth-order valence-electron chi connectivity index (χ4n) is 3.38. The predicted molar refractivity (Wildman–Crippen MR) is 78.6 cm³/mol. The Bertz CT molecular complexity index is 432. The first-order valence-electron chi connectivity index (χ1n) is 7.66. The summed E-state index contributed by atoms with van der Waals surface area (Å²) in [6, 6.07) is 8.68. The molecule has 0 radical (unpaired) electrons. The summed E-state index contributed by atoms with van der Waals surface area (Å²) in [5, 5.41) is 0. The third-order valence-electron chi connectivity index (χ3n) is 4.46. The van der Waals surface area contributed by atoms with E-state index in [0.717, 1.165) is 38.2 Å². The number of hydrogen-bond donors (Lipinski definition) is 2. The number of nitrogens with two attached hydrogens (primary N) is 1. The molecule has 4 nitrogen and oxygen atoms in total. The smallest absolute Gasteiger partial charge is 0.122 e. The van der Waals surface area contributed by atoms with Gasteiger partial charge >= 0.3 is 0 Å². The van der Waals surface area contributed by atoms with E-state index in [-0.39, 0.29) is 0 Å². The lowest BCUT2D eigenvalue weighted by Gasteiger charge is -2.29. The number of hydrogen-bond acceptors (Lipinski definition) is 4. The van der Waals surface area contributed by atoms with Gasteiger partial charge in [-0.15, -0.1) is 0 Å². The van der Waals surface area contributed by atoms with Gasteiger partial charge in [-0.25, -0.2) is 0 Å². The van der Waals surface area contributed by atoms with Crippen molar-refractivity contribution in [2.24, 2.45) is 5.84 Å². The van der Waals surface area contributed by atoms with E-state index >= 15 is 0 Å². The van der Waals surface area contributed by atoms with Crippen LogP contribution >= 0.6 is 0 Å². The minimum Gasteiger partial charge on any atom is -0.493 e. The van der Waals surface area contributed by atoms with Gasteiger partial charge in [0.25, 0.3) is 0 Å². The van der Waals surface area contributed by atoms with Crippen molar-refractivity contribution in [3.8, 4) is 5.75 Å². The molecule has 2 heterocycles. The quantitative estimate of drug-likeness (QED) is 0.640. The van der Waals surface area contributed by atoms with Crippen LogP contribution in [0.3, 0.4) is 0 Å². The normalized spacial score (nSPS) is 26.9. The van der Waals surface area contributed by atoms with Gasteiger partial charge in [0.1, 0.15) is 5.75 Å². The third-order valence-corrected chi connectivity index (χ3v) is 4.46. The molecule has 0 amide bonds. The fraction of sp³-hybridized carbons (Fsp3) is 0.625. The molecular formula is C16H24N2O2. The molecule has 3 N–H and O–H groups in total. The van der Waals surface area contributed by atoms with Crippen LogP contribution in [0.15, 0.2) is 24.3 Å². The van der Waals surface area contributed by atoms with Crippen LogP contribution in [-0.4, -0.2) is 25.4 Å². The van der Waals surface area contributed by atoms with E-state index in [1.54, 1.807) is 0 Å². The van der Waals surface area contributed by atoms with Crippen LogP contribution in [-0.2, 0) is 4.74 Å². The second-order valence-electron chi connectivity index (χ2n) is 5.84. The van der Waals surface area contributed by atoms with Crippen LogP contribution in [0, 0.1) is 0 Å². The first kappa shape index (κ1) is 13.9. The Kier molecular flexibility index (Phi) is 4.55. The van der Waals surface area contributed by atoms with Gasteiger partial charge in [0.15, 0.2) is 0 Å². The van der Waals surface area contributed by atoms with Gasteiger partial charge in [0, 0.05) is 12.6 Å². The molecule has 20 heavy (non-hydrogen) atoms. The number of rotatable bonds is 5. The van der Waals surface area contributed by atoms with Crippen molar-refractivity contribution in [1.82, 2.24) is 5.43 Å². The van der Waals surface area contributed by atoms with Crippen molar-refractivity contribution in [3.63, 3.8) is 0 Å². The Labute approximate surface area is 120 Å². The summed E-state index contributed by atoms with van der Waals surface area (Å²) in [5.41, 5.74) is 4.31. The summed E-state index contributed by atoms with van der Waals surface area (Å²) in [6.07, 6.45) is 5.86. The monoisotopic (exact) mass is 276 g/mol. The highest BCUT2D eigenvalue weighted by molar-refractivity contribution is 5.37. The van der Waals surface area contributed by atoms with E-state index in [2.05, 4.69) is 23.6 Å². The predicted octanol–water partition coefficient (Wildman–Crippen LogP) is 2.34. The third kappa shape index (κ3) is 3.14. The molecule has 2 aliphatic heterocycles. The number of para-hydroxylation sites is 1. The molecule has 0 aromatic heterocycles. The average Bonchev–Trinajstić information content (AvgIpc) is 3.00. The van der Waals surface area contributed by atoms with E-state index in [0.29, 0.717) is 18.1 Å². The topological polar surface area (TPSA) is 56.5 Å². The van der Waals surface area contributed by atoms with Gasteiger partial charge in [-0.3, -0.25) is 11.3 Å². The molecule has 3 atom stereocenters. The van der Waals surface area contributed by atoms with Crippen LogP contribution < -0.4 is 16.0 Å². The molecule has 4 heteroatoms. The lowest BCUT2D eigenvalue weighted by atomic mass is 9.86. The van der Waals surface area contributed by atoms with Gasteiger partial charge < -0.3 is 9.47 Å². The maximum atomic E-state index is 5.75. The molecule has 3 rings (SSSR count). The number of benzene rings is 1. The van der Waals surface area contributed by atoms with Crippen LogP contribution in [0.4, 0.5) is 0 Å². The highest BCUT2D eigenvalue weighted by Gasteiger charge is 2.26. The number of hydrazine groups is 1. The van der Waals surface area contributed by atoms with Crippen molar-refractivity contribution in [3.05, 3.63) is 29.8 Å². The molecule has 0 spiro atoms. The molecule has 110 valence electrons. The van der Waals surface area contributed by atoms with Crippen molar-refractivity contribution in [2.75, 3.05) is 13.2 Å². The highest BCUT2D eigenvalue weighted by atomic mass is 16.5. The number of ether oxygens (including phenoxy) is 2. The fourth-order valence-corrected chi connectivity index (χ4v) is 3.38. The zero-order chi connectivity index (χ0) is 13.8. The zero-order valence-electron chi connectivity index (χ0n) is 11.9. The largest absolute Gasteiger partial charge is 0.493 e. The summed E-state index contributed by atoms with van der Waals surface area (Å²) in [4.78, 5) is 0. The lowest BCUT2D eigenvalue weighted by molar-refractivity contribution is 0.0919. The summed E-state index contributed by atoms with van der Waals surface area (Å²) in [6.45, 7) is 1.71. The molecule has 0 saturated carbocycles. The number of nitrogens with one attached hydrogen (secondary N) is 1. The Morgan fingerprint density at radius 1 is 1.20 bits per heavy atom. The molecule has 1 aromatic carbocycles. The van der Waals surface area contributed by atoms with Crippen LogP contribution in [0.1, 0.15) is 43.6 Å². The average molecular weight is 276 g/mol. The molecule has 0 bridgehead atoms. The van der Waals surface area contributed by atoms with E-state index in [9.17, 15) is 0 Å². The van der Waals surface area contributed by atoms with E-state index in [4.69, 9.17) is 15.3 Å². The Morgan fingerprint density at radius 2 is 2.10 bits per heavy atom. The van der Waals surface area contributed by atoms with Crippen LogP contribution in [0.25, 0.3) is 0 Å². The minimum absolute atomic E-state index is 0.314. The maximum Gasteiger partial charge on any atom is 0.122 e. The SMILES string of the molecule is NNC(CC1CCCO1)CC1CCOc2ccccc21. The van der Waals surface area contributed by atoms with Crippen LogP contribution in [0.5, 0.6) is 5.75 Å². The summed E-state index contributed by atoms with van der Waals surface area (Å²) in [7, 11) is 0. The maximum absolute atomic E-state index is 5.75. The summed E-state index contributed by atoms with van der Waals surface area (Å²) < 4.78 is 11.4. The second kappa shape index (κ2) is 6.57. The standard InChI is InChI=1S/C16H24N2O2/c17-18-13(11-14-4-3-8-19-14)10-12-7-9-20-16-6-2-1-5-15(12)16/h1-2,5-6,12-14,18H,3-4,7-11,17H2. The van der Waals surface area contributed by atoms with Gasteiger partial charge in [0.2, 0.25) is 0 Å². The Hall–Kier alpha value is -1.10. The summed E-state index contributed by atoms with van der Waals surface area (Å²) >= 11 is 0. The molecule has 0 aliphatic carbocycles. The zero-order valence-corrected chi connectivity index (χ0v) is 11.9. The molecule has 1 saturated heterocycles. The molecular weight excluding hydrogens is 252 g/mol. The van der Waals surface area contributed by atoms with Gasteiger partial charge in [-0.05, 0) is 49.7 Å². The molecule has 3 unspecified atom stereocenters. The van der Waals surface area contributed by atoms with Crippen molar-refractivity contribution >= 4 is 0 Å². The lowest BCUT2D eigenvalue weighted by Crippen LogP contribution is -2.39. The van der Waals surface area contributed by atoms with E-state index in [1.807, 2.05) is 6.07 Å². The van der Waals surface area contributed by atoms with Gasteiger partial charge in [-0.2, -0.15) is 0 Å². The molecule has 1 fully saturated rings. The first-order valence-corrected chi connectivity index (χ1v) is 7.66. The van der Waals surface area contributed by atoms with Crippen molar-refractivity contribution < 1.29 is 9.47 Å². The van der Waals surface area contributed by atoms with Gasteiger partial charge in [-0.1, -0.05) is 18.2 Å². The van der Waals surface area contributed by atoms with Crippen molar-refractivity contribution in [1.29, 1.82) is 0 Å². The van der Waals surface area contributed by atoms with E-state index in [1.165, 1.54) is 18.4 Å². The first-order chi connectivity index (χ1) is 9.86. The highest BCUT2D eigenvalue weighted by Crippen LogP contribution is 2.36. The van der Waals surface area contributed by atoms with Crippen molar-refractivity contribution in [2.45, 2.75) is 50.2 Å².